The Bertz CT molecular complexity index is 1280. The van der Waals surface area contributed by atoms with Crippen molar-refractivity contribution in [3.63, 3.8) is 0 Å². The molecule has 1 aromatic carbocycles. The normalized spacial score (nSPS) is 13.8. The quantitative estimate of drug-likeness (QED) is 0.281. The largest absolute Gasteiger partial charge is 0.473 e. The number of fused-ring (bicyclic) bond motifs is 1. The first-order chi connectivity index (χ1) is 18.8. The summed E-state index contributed by atoms with van der Waals surface area (Å²) in [4.78, 5) is 21.4. The number of hydrogen-bond acceptors (Lipinski definition) is 8. The molecule has 1 saturated carbocycles. The molecule has 0 aliphatic heterocycles. The molecule has 0 spiro atoms. The van der Waals surface area contributed by atoms with Gasteiger partial charge in [0, 0.05) is 6.04 Å². The molecule has 3 aromatic rings. The molecule has 10 heteroatoms. The zero-order valence-corrected chi connectivity index (χ0v) is 26.6. The van der Waals surface area contributed by atoms with E-state index in [1.54, 1.807) is 39.0 Å². The Balaban J connectivity index is 0.000000230. The lowest BCUT2D eigenvalue weighted by molar-refractivity contribution is -0.152. The maximum Gasteiger partial charge on any atom is 0.308 e. The number of carbonyl (C=O) groups excluding carboxylic acids is 1. The van der Waals surface area contributed by atoms with Crippen LogP contribution >= 0.6 is 11.3 Å². The van der Waals surface area contributed by atoms with Crippen molar-refractivity contribution in [1.29, 1.82) is 0 Å². The molecule has 0 atom stereocenters. The van der Waals surface area contributed by atoms with Crippen molar-refractivity contribution in [1.82, 2.24) is 14.7 Å². The Kier molecular flexibility index (Phi) is 13.5. The first-order valence-corrected chi connectivity index (χ1v) is 16.4. The molecule has 2 heterocycles. The van der Waals surface area contributed by atoms with Crippen LogP contribution in [0.4, 0.5) is 0 Å². The van der Waals surface area contributed by atoms with Crippen molar-refractivity contribution in [3.8, 4) is 16.5 Å². The highest BCUT2D eigenvalue weighted by atomic mass is 32.2. The van der Waals surface area contributed by atoms with Gasteiger partial charge in [-0.05, 0) is 90.8 Å². The van der Waals surface area contributed by atoms with E-state index in [2.05, 4.69) is 9.71 Å². The SMILES string of the molecule is CC(C)C(=O)OC1CCCC1.CC(C)NS(=O)(=O)C(C)C.CC(C)Oc1nc2ccccc2nc1-c1cccs1. The summed E-state index contributed by atoms with van der Waals surface area (Å²) in [6.07, 6.45) is 4.88. The molecule has 2 aromatic heterocycles. The molecule has 8 nitrogen and oxygen atoms in total. The zero-order valence-electron chi connectivity index (χ0n) is 25.0. The van der Waals surface area contributed by atoms with Crippen LogP contribution in [0.25, 0.3) is 21.6 Å². The maximum absolute atomic E-state index is 11.1. The van der Waals surface area contributed by atoms with E-state index in [0.717, 1.165) is 34.4 Å². The molecular weight excluding hydrogens is 546 g/mol. The smallest absolute Gasteiger partial charge is 0.308 e. The predicted octanol–water partition coefficient (Wildman–Crippen LogP) is 7.00. The first kappa shape index (κ1) is 33.6. The Morgan fingerprint density at radius 3 is 1.98 bits per heavy atom. The van der Waals surface area contributed by atoms with E-state index in [0.29, 0.717) is 5.88 Å². The van der Waals surface area contributed by atoms with Crippen molar-refractivity contribution in [2.75, 3.05) is 0 Å². The summed E-state index contributed by atoms with van der Waals surface area (Å²) in [6.45, 7) is 14.7. The molecule has 0 radical (unpaired) electrons. The summed E-state index contributed by atoms with van der Waals surface area (Å²) < 4.78 is 35.6. The summed E-state index contributed by atoms with van der Waals surface area (Å²) in [6, 6.07) is 11.9. The number of thiophene rings is 1. The number of esters is 1. The standard InChI is InChI=1S/C15H14N2OS.C9H16O2.C6H15NO2S/c1-10(2)18-15-14(13-8-5-9-19-13)16-11-6-3-4-7-12(11)17-15;1-7(2)9(10)11-8-5-3-4-6-8;1-5(2)7-10(8,9)6(3)4/h3-10H,1-2H3;7-8H,3-6H2,1-2H3;5-7H,1-4H3. The van der Waals surface area contributed by atoms with Gasteiger partial charge >= 0.3 is 5.97 Å². The van der Waals surface area contributed by atoms with E-state index in [1.807, 2.05) is 69.5 Å². The van der Waals surface area contributed by atoms with Gasteiger partial charge in [-0.25, -0.2) is 23.1 Å². The number of benzene rings is 1. The Labute approximate surface area is 244 Å². The number of aromatic nitrogens is 2. The van der Waals surface area contributed by atoms with Crippen LogP contribution in [-0.2, 0) is 19.6 Å². The van der Waals surface area contributed by atoms with E-state index in [1.165, 1.54) is 12.8 Å². The van der Waals surface area contributed by atoms with Crippen molar-refractivity contribution in [2.24, 2.45) is 5.92 Å². The van der Waals surface area contributed by atoms with Gasteiger partial charge in [0.15, 0.2) is 0 Å². The molecule has 1 fully saturated rings. The lowest BCUT2D eigenvalue weighted by atomic mass is 10.2. The topological polar surface area (TPSA) is 107 Å². The highest BCUT2D eigenvalue weighted by Crippen LogP contribution is 2.32. The van der Waals surface area contributed by atoms with Gasteiger partial charge in [-0.2, -0.15) is 0 Å². The minimum atomic E-state index is -3.05. The van der Waals surface area contributed by atoms with Gasteiger partial charge in [0.25, 0.3) is 0 Å². The lowest BCUT2D eigenvalue weighted by Crippen LogP contribution is -2.35. The average molecular weight is 592 g/mol. The van der Waals surface area contributed by atoms with Gasteiger partial charge < -0.3 is 9.47 Å². The van der Waals surface area contributed by atoms with E-state index < -0.39 is 10.0 Å². The van der Waals surface area contributed by atoms with Gasteiger partial charge in [-0.3, -0.25) is 4.79 Å². The third-order valence-corrected chi connectivity index (χ3v) is 8.64. The Morgan fingerprint density at radius 2 is 1.52 bits per heavy atom. The first-order valence-electron chi connectivity index (χ1n) is 14.0. The fourth-order valence-corrected chi connectivity index (χ4v) is 5.27. The molecule has 40 heavy (non-hydrogen) atoms. The van der Waals surface area contributed by atoms with E-state index in [9.17, 15) is 13.2 Å². The molecule has 222 valence electrons. The van der Waals surface area contributed by atoms with Crippen LogP contribution in [0.2, 0.25) is 0 Å². The second-order valence-corrected chi connectivity index (χ2v) is 14.1. The fraction of sp³-hybridized carbons (Fsp3) is 0.567. The van der Waals surface area contributed by atoms with Crippen LogP contribution in [0.5, 0.6) is 5.88 Å². The maximum atomic E-state index is 11.1. The second-order valence-electron chi connectivity index (χ2n) is 10.9. The van der Waals surface area contributed by atoms with Crippen molar-refractivity contribution < 1.29 is 22.7 Å². The summed E-state index contributed by atoms with van der Waals surface area (Å²) in [5, 5.41) is 1.70. The van der Waals surface area contributed by atoms with Crippen molar-refractivity contribution in [3.05, 3.63) is 41.8 Å². The van der Waals surface area contributed by atoms with Gasteiger partial charge in [-0.15, -0.1) is 11.3 Å². The second kappa shape index (κ2) is 16.0. The lowest BCUT2D eigenvalue weighted by Gasteiger charge is -2.12. The van der Waals surface area contributed by atoms with Gasteiger partial charge in [-0.1, -0.05) is 32.0 Å². The van der Waals surface area contributed by atoms with E-state index in [-0.39, 0.29) is 35.4 Å². The number of para-hydroxylation sites is 2. The highest BCUT2D eigenvalue weighted by Gasteiger charge is 2.20. The number of carbonyl (C=O) groups is 1. The number of nitrogens with zero attached hydrogens (tertiary/aromatic N) is 2. The van der Waals surface area contributed by atoms with Crippen LogP contribution in [0.3, 0.4) is 0 Å². The van der Waals surface area contributed by atoms with Gasteiger partial charge in [0.05, 0.1) is 33.2 Å². The van der Waals surface area contributed by atoms with Crippen LogP contribution in [-0.4, -0.2) is 47.9 Å². The molecule has 0 unspecified atom stereocenters. The summed E-state index contributed by atoms with van der Waals surface area (Å²) >= 11 is 1.64. The van der Waals surface area contributed by atoms with Crippen LogP contribution in [0.15, 0.2) is 41.8 Å². The molecule has 1 N–H and O–H groups in total. The number of ether oxygens (including phenoxy) is 2. The van der Waals surface area contributed by atoms with Gasteiger partial charge in [0.2, 0.25) is 15.9 Å². The Hall–Kier alpha value is -2.56. The monoisotopic (exact) mass is 591 g/mol. The van der Waals surface area contributed by atoms with Crippen molar-refractivity contribution in [2.45, 2.75) is 105 Å². The zero-order chi connectivity index (χ0) is 29.9. The van der Waals surface area contributed by atoms with Crippen molar-refractivity contribution >= 4 is 38.4 Å². The summed E-state index contributed by atoms with van der Waals surface area (Å²) in [5.74, 6) is 0.587. The van der Waals surface area contributed by atoms with Crippen LogP contribution < -0.4 is 9.46 Å². The van der Waals surface area contributed by atoms with E-state index in [4.69, 9.17) is 14.5 Å². The average Bonchev–Trinajstić information content (AvgIpc) is 3.58. The highest BCUT2D eigenvalue weighted by molar-refractivity contribution is 7.90. The van der Waals surface area contributed by atoms with Crippen LogP contribution in [0, 0.1) is 5.92 Å². The van der Waals surface area contributed by atoms with Crippen LogP contribution in [0.1, 0.15) is 81.1 Å². The number of rotatable bonds is 8. The molecule has 1 aliphatic rings. The van der Waals surface area contributed by atoms with Gasteiger partial charge in [0.1, 0.15) is 11.8 Å². The molecule has 0 bridgehead atoms. The number of sulfonamides is 1. The minimum Gasteiger partial charge on any atom is -0.473 e. The molecule has 4 rings (SSSR count). The molecule has 0 saturated heterocycles. The third kappa shape index (κ3) is 11.1. The molecular formula is C30H45N3O5S2. The Morgan fingerprint density at radius 1 is 0.925 bits per heavy atom. The summed E-state index contributed by atoms with van der Waals surface area (Å²) in [5.41, 5.74) is 2.57. The summed E-state index contributed by atoms with van der Waals surface area (Å²) in [7, 11) is -3.05. The fourth-order valence-electron chi connectivity index (χ4n) is 3.63. The minimum absolute atomic E-state index is 0.00704. The number of hydrogen-bond donors (Lipinski definition) is 1. The predicted molar refractivity (Wildman–Crippen MR) is 164 cm³/mol. The third-order valence-electron chi connectivity index (χ3n) is 5.72. The molecule has 0 amide bonds. The van der Waals surface area contributed by atoms with E-state index >= 15 is 0 Å². The molecule has 1 aliphatic carbocycles. The number of nitrogens with one attached hydrogen (secondary N) is 1.